The summed E-state index contributed by atoms with van der Waals surface area (Å²) in [5.74, 6) is 0. The highest BCUT2D eigenvalue weighted by Crippen LogP contribution is 2.13. The molecular formula is C26H22O4S2. The van der Waals surface area contributed by atoms with Gasteiger partial charge in [0.2, 0.25) is 0 Å². The minimum absolute atomic E-state index is 0.640. The molecule has 32 heavy (non-hydrogen) atoms. The molecule has 0 amide bonds. The normalized spacial score (nSPS) is 13.0. The zero-order valence-corrected chi connectivity index (χ0v) is 18.8. The first-order valence-corrected chi connectivity index (χ1v) is 13.0. The Morgan fingerprint density at radius 1 is 0.406 bits per heavy atom. The van der Waals surface area contributed by atoms with E-state index >= 15 is 0 Å². The third kappa shape index (κ3) is 7.98. The topological polar surface area (TPSA) is 68.3 Å². The first kappa shape index (κ1) is 23.2. The molecule has 6 heteroatoms. The zero-order chi connectivity index (χ0) is 22.9. The molecule has 0 aliphatic heterocycles. The molecule has 4 nitrogen and oxygen atoms in total. The summed E-state index contributed by atoms with van der Waals surface area (Å²) in [4.78, 5) is 0. The summed E-state index contributed by atoms with van der Waals surface area (Å²) in [5.41, 5.74) is 2.86. The van der Waals surface area contributed by atoms with E-state index in [4.69, 9.17) is 0 Å². The fourth-order valence-corrected chi connectivity index (χ4v) is 4.25. The summed E-state index contributed by atoms with van der Waals surface area (Å²) in [6, 6.07) is 25.2. The maximum Gasteiger partial charge on any atom is 0.193 e. The Kier molecular flexibility index (Phi) is 7.76. The van der Waals surface area contributed by atoms with Crippen LogP contribution in [0.25, 0.3) is 24.3 Å². The Hall–Kier alpha value is -3.48. The minimum Gasteiger partial charge on any atom is -0.220 e. The molecule has 0 atom stereocenters. The Morgan fingerprint density at radius 3 is 1.09 bits per heavy atom. The Labute approximate surface area is 189 Å². The Bertz CT molecular complexity index is 1260. The molecule has 3 rings (SSSR count). The van der Waals surface area contributed by atoms with Gasteiger partial charge in [0.1, 0.15) is 0 Å². The van der Waals surface area contributed by atoms with E-state index in [1.807, 2.05) is 60.7 Å². The number of benzene rings is 3. The van der Waals surface area contributed by atoms with Crippen LogP contribution in [-0.2, 0) is 19.7 Å². The predicted octanol–water partition coefficient (Wildman–Crippen LogP) is 5.80. The van der Waals surface area contributed by atoms with E-state index in [9.17, 15) is 16.8 Å². The van der Waals surface area contributed by atoms with Gasteiger partial charge in [-0.2, -0.15) is 0 Å². The molecule has 0 aromatic heterocycles. The van der Waals surface area contributed by atoms with Crippen LogP contribution < -0.4 is 0 Å². The van der Waals surface area contributed by atoms with Crippen LogP contribution in [0.4, 0.5) is 0 Å². The van der Waals surface area contributed by atoms with E-state index in [2.05, 4.69) is 0 Å². The number of rotatable bonds is 8. The predicted molar refractivity (Wildman–Crippen MR) is 133 cm³/mol. The molecule has 0 aliphatic rings. The van der Waals surface area contributed by atoms with E-state index in [1.165, 1.54) is 24.3 Å². The van der Waals surface area contributed by atoms with Crippen molar-refractivity contribution in [3.63, 3.8) is 0 Å². The third-order valence-electron chi connectivity index (χ3n) is 4.31. The van der Waals surface area contributed by atoms with Gasteiger partial charge in [0.15, 0.2) is 19.7 Å². The average Bonchev–Trinajstić information content (AvgIpc) is 2.81. The van der Waals surface area contributed by atoms with Gasteiger partial charge >= 0.3 is 0 Å². The van der Waals surface area contributed by atoms with E-state index < -0.39 is 19.7 Å². The van der Waals surface area contributed by atoms with Gasteiger partial charge in [0.25, 0.3) is 0 Å². The van der Waals surface area contributed by atoms with Crippen molar-refractivity contribution in [2.45, 2.75) is 0 Å². The fraction of sp³-hybridized carbons (Fsp3) is 0. The number of hydrogen-bond acceptors (Lipinski definition) is 4. The molecule has 0 fully saturated rings. The number of sulfone groups is 2. The summed E-state index contributed by atoms with van der Waals surface area (Å²) in [6.07, 6.45) is 6.02. The molecule has 162 valence electrons. The lowest BCUT2D eigenvalue weighted by atomic mass is 10.1. The van der Waals surface area contributed by atoms with Crippen molar-refractivity contribution >= 4 is 44.0 Å². The zero-order valence-electron chi connectivity index (χ0n) is 17.2. The summed E-state index contributed by atoms with van der Waals surface area (Å²) >= 11 is 0. The average molecular weight is 463 g/mol. The second kappa shape index (κ2) is 10.7. The van der Waals surface area contributed by atoms with Crippen LogP contribution in [0.5, 0.6) is 0 Å². The molecule has 0 N–H and O–H groups in total. The lowest BCUT2D eigenvalue weighted by Crippen LogP contribution is -1.89. The smallest absolute Gasteiger partial charge is 0.193 e. The van der Waals surface area contributed by atoms with Crippen molar-refractivity contribution in [3.8, 4) is 0 Å². The summed E-state index contributed by atoms with van der Waals surface area (Å²) in [7, 11) is -7.09. The lowest BCUT2D eigenvalue weighted by molar-refractivity contribution is 0.611. The van der Waals surface area contributed by atoms with Gasteiger partial charge in [-0.25, -0.2) is 16.8 Å². The van der Waals surface area contributed by atoms with Gasteiger partial charge in [-0.15, -0.1) is 0 Å². The van der Waals surface area contributed by atoms with E-state index in [1.54, 1.807) is 24.3 Å². The van der Waals surface area contributed by atoms with Crippen LogP contribution in [0.1, 0.15) is 22.3 Å². The van der Waals surface area contributed by atoms with Crippen molar-refractivity contribution in [1.29, 1.82) is 0 Å². The van der Waals surface area contributed by atoms with Crippen molar-refractivity contribution < 1.29 is 16.8 Å². The van der Waals surface area contributed by atoms with Crippen molar-refractivity contribution in [2.75, 3.05) is 0 Å². The Balaban J connectivity index is 1.69. The monoisotopic (exact) mass is 462 g/mol. The largest absolute Gasteiger partial charge is 0.220 e. The van der Waals surface area contributed by atoms with Crippen LogP contribution in [0.3, 0.4) is 0 Å². The van der Waals surface area contributed by atoms with E-state index in [0.717, 1.165) is 32.8 Å². The molecule has 3 aromatic rings. The van der Waals surface area contributed by atoms with Crippen molar-refractivity contribution in [1.82, 2.24) is 0 Å². The molecule has 0 aliphatic carbocycles. The summed E-state index contributed by atoms with van der Waals surface area (Å²) in [5, 5.41) is 4.53. The minimum atomic E-state index is -3.54. The molecule has 0 spiro atoms. The van der Waals surface area contributed by atoms with Crippen LogP contribution in [0, 0.1) is 0 Å². The van der Waals surface area contributed by atoms with Gasteiger partial charge in [-0.3, -0.25) is 0 Å². The molecule has 0 heterocycles. The highest BCUT2D eigenvalue weighted by atomic mass is 32.2. The first-order valence-electron chi connectivity index (χ1n) is 9.74. The third-order valence-corrected chi connectivity index (χ3v) is 6.37. The second-order valence-corrected chi connectivity index (χ2v) is 10.3. The molecule has 3 aromatic carbocycles. The van der Waals surface area contributed by atoms with Crippen molar-refractivity contribution in [2.24, 2.45) is 0 Å². The highest BCUT2D eigenvalue weighted by Gasteiger charge is 2.02. The molecular weight excluding hydrogens is 440 g/mol. The molecule has 0 bridgehead atoms. The Morgan fingerprint density at radius 2 is 0.719 bits per heavy atom. The van der Waals surface area contributed by atoms with Gasteiger partial charge in [-0.05, 0) is 52.6 Å². The van der Waals surface area contributed by atoms with Gasteiger partial charge in [-0.1, -0.05) is 78.9 Å². The standard InChI is InChI=1S/C26H22O4S2/c27-31(28,18-14-23-8-3-1-4-9-23)20-16-25-12-7-13-26(22-25)17-21-32(29,30)19-15-24-10-5-2-6-11-24/h1-22H/b18-14-,19-15-,20-16+,21-17+. The van der Waals surface area contributed by atoms with Crippen molar-refractivity contribution in [3.05, 3.63) is 129 Å². The fourth-order valence-electron chi connectivity index (χ4n) is 2.68. The van der Waals surface area contributed by atoms with Gasteiger partial charge in [0, 0.05) is 21.6 Å². The van der Waals surface area contributed by atoms with Crippen LogP contribution in [-0.4, -0.2) is 16.8 Å². The van der Waals surface area contributed by atoms with E-state index in [-0.39, 0.29) is 0 Å². The summed E-state index contributed by atoms with van der Waals surface area (Å²) < 4.78 is 48.9. The quantitative estimate of drug-likeness (QED) is 0.424. The molecule has 0 saturated carbocycles. The lowest BCUT2D eigenvalue weighted by Gasteiger charge is -1.98. The van der Waals surface area contributed by atoms with Crippen LogP contribution >= 0.6 is 0 Å². The SMILES string of the molecule is O=S(=O)(/C=C\c1ccccc1)/C=C/c1cccc(/C=C/S(=O)(=O)/C=C\c2ccccc2)c1. The van der Waals surface area contributed by atoms with Gasteiger partial charge < -0.3 is 0 Å². The maximum atomic E-state index is 12.2. The number of hydrogen-bond donors (Lipinski definition) is 0. The molecule has 0 saturated heterocycles. The van der Waals surface area contributed by atoms with Gasteiger partial charge in [0.05, 0.1) is 0 Å². The highest BCUT2D eigenvalue weighted by molar-refractivity contribution is 7.97. The molecule has 0 unspecified atom stereocenters. The van der Waals surface area contributed by atoms with E-state index in [0.29, 0.717) is 11.1 Å². The molecule has 0 radical (unpaired) electrons. The van der Waals surface area contributed by atoms with Crippen LogP contribution in [0.2, 0.25) is 0 Å². The van der Waals surface area contributed by atoms with Crippen LogP contribution in [0.15, 0.2) is 107 Å². The maximum absolute atomic E-state index is 12.2. The summed E-state index contributed by atoms with van der Waals surface area (Å²) in [6.45, 7) is 0. The second-order valence-electron chi connectivity index (χ2n) is 6.88. The first-order chi connectivity index (χ1) is 15.3.